The first-order valence-electron chi connectivity index (χ1n) is 5.37. The summed E-state index contributed by atoms with van der Waals surface area (Å²) in [7, 11) is 3.63. The molecule has 0 radical (unpaired) electrons. The summed E-state index contributed by atoms with van der Waals surface area (Å²) >= 11 is 6.93. The molecule has 0 aliphatic heterocycles. The van der Waals surface area contributed by atoms with Crippen molar-refractivity contribution in [3.63, 3.8) is 0 Å². The predicted octanol–water partition coefficient (Wildman–Crippen LogP) is 2.48. The molecular formula is C12H17Br2NO2. The first-order valence-corrected chi connectivity index (χ1v) is 6.96. The number of likely N-dealkylation sites (N-methyl/N-ethyl adjacent to an activating group) is 1. The molecule has 0 heterocycles. The van der Waals surface area contributed by atoms with Gasteiger partial charge in [0.2, 0.25) is 0 Å². The smallest absolute Gasteiger partial charge is 0.0735 e. The Hall–Kier alpha value is 0.0600. The number of methoxy groups -OCH3 is 1. The zero-order valence-corrected chi connectivity index (χ0v) is 13.1. The maximum absolute atomic E-state index is 9.21. The summed E-state index contributed by atoms with van der Waals surface area (Å²) in [4.78, 5) is 0. The van der Waals surface area contributed by atoms with Crippen LogP contribution in [0.3, 0.4) is 0 Å². The van der Waals surface area contributed by atoms with Crippen LogP contribution in [0.4, 0.5) is 0 Å². The highest BCUT2D eigenvalue weighted by Crippen LogP contribution is 2.28. The number of benzene rings is 1. The summed E-state index contributed by atoms with van der Waals surface area (Å²) in [5.74, 6) is 0. The van der Waals surface area contributed by atoms with E-state index in [0.29, 0.717) is 0 Å². The molecule has 1 rings (SSSR count). The Kier molecular flexibility index (Phi) is 6.66. The van der Waals surface area contributed by atoms with Crippen molar-refractivity contribution in [1.29, 1.82) is 0 Å². The molecule has 0 bridgehead atoms. The van der Waals surface area contributed by atoms with Crippen molar-refractivity contribution in [1.82, 2.24) is 5.32 Å². The minimum absolute atomic E-state index is 0.0195. The Bertz CT molecular complexity index is 349. The fourth-order valence-electron chi connectivity index (χ4n) is 1.65. The zero-order chi connectivity index (χ0) is 12.8. The van der Waals surface area contributed by atoms with Crippen molar-refractivity contribution in [2.24, 2.45) is 0 Å². The molecule has 0 saturated carbocycles. The van der Waals surface area contributed by atoms with Crippen molar-refractivity contribution in [2.45, 2.75) is 19.1 Å². The number of hydrogen-bond donors (Lipinski definition) is 2. The average Bonchev–Trinajstić information content (AvgIpc) is 2.28. The van der Waals surface area contributed by atoms with Crippen LogP contribution in [0.5, 0.6) is 0 Å². The van der Waals surface area contributed by atoms with E-state index in [4.69, 9.17) is 4.74 Å². The van der Waals surface area contributed by atoms with Gasteiger partial charge in [-0.05, 0) is 31.2 Å². The van der Waals surface area contributed by atoms with E-state index in [1.807, 2.05) is 19.2 Å². The second-order valence-electron chi connectivity index (χ2n) is 3.82. The van der Waals surface area contributed by atoms with Crippen molar-refractivity contribution >= 4 is 31.9 Å². The molecule has 5 heteroatoms. The highest BCUT2D eigenvalue weighted by molar-refractivity contribution is 9.11. The molecule has 0 aliphatic rings. The van der Waals surface area contributed by atoms with Gasteiger partial charge in [-0.1, -0.05) is 31.9 Å². The molecule has 0 aliphatic carbocycles. The first kappa shape index (κ1) is 15.1. The molecule has 0 aromatic heterocycles. The van der Waals surface area contributed by atoms with E-state index in [0.717, 1.165) is 27.5 Å². The van der Waals surface area contributed by atoms with E-state index in [1.165, 1.54) is 5.56 Å². The molecule has 0 amide bonds. The molecule has 1 aromatic rings. The maximum Gasteiger partial charge on any atom is 0.0735 e. The van der Waals surface area contributed by atoms with Crippen LogP contribution < -0.4 is 5.32 Å². The largest absolute Gasteiger partial charge is 0.392 e. The number of aliphatic hydroxyl groups is 1. The van der Waals surface area contributed by atoms with Gasteiger partial charge in [0.05, 0.1) is 12.7 Å². The minimum Gasteiger partial charge on any atom is -0.392 e. The lowest BCUT2D eigenvalue weighted by Crippen LogP contribution is -2.27. The lowest BCUT2D eigenvalue weighted by Gasteiger charge is -2.16. The van der Waals surface area contributed by atoms with Gasteiger partial charge in [-0.3, -0.25) is 0 Å². The van der Waals surface area contributed by atoms with Crippen LogP contribution in [0.2, 0.25) is 0 Å². The molecule has 1 unspecified atom stereocenters. The molecular weight excluding hydrogens is 350 g/mol. The monoisotopic (exact) mass is 365 g/mol. The van der Waals surface area contributed by atoms with Crippen LogP contribution in [0.15, 0.2) is 21.1 Å². The van der Waals surface area contributed by atoms with Gasteiger partial charge in [0.15, 0.2) is 0 Å². The summed E-state index contributed by atoms with van der Waals surface area (Å²) in [6.07, 6.45) is 0.985. The molecule has 3 nitrogen and oxygen atoms in total. The zero-order valence-electron chi connectivity index (χ0n) is 9.96. The van der Waals surface area contributed by atoms with E-state index >= 15 is 0 Å². The van der Waals surface area contributed by atoms with Crippen molar-refractivity contribution in [2.75, 3.05) is 20.7 Å². The van der Waals surface area contributed by atoms with E-state index < -0.39 is 0 Å². The van der Waals surface area contributed by atoms with Gasteiger partial charge < -0.3 is 15.2 Å². The first-order chi connectivity index (χ1) is 8.12. The van der Waals surface area contributed by atoms with Gasteiger partial charge in [-0.15, -0.1) is 0 Å². The summed E-state index contributed by atoms with van der Waals surface area (Å²) in [6, 6.07) is 4.05. The Morgan fingerprint density at radius 1 is 1.35 bits per heavy atom. The fourth-order valence-corrected chi connectivity index (χ4v) is 3.19. The highest BCUT2D eigenvalue weighted by atomic mass is 79.9. The molecule has 17 heavy (non-hydrogen) atoms. The van der Waals surface area contributed by atoms with Crippen LogP contribution in [0.25, 0.3) is 0 Å². The normalized spacial score (nSPS) is 12.8. The Morgan fingerprint density at radius 2 is 1.94 bits per heavy atom. The van der Waals surface area contributed by atoms with Gasteiger partial charge in [-0.2, -0.15) is 0 Å². The predicted molar refractivity (Wildman–Crippen MR) is 76.2 cm³/mol. The van der Waals surface area contributed by atoms with Crippen molar-refractivity contribution < 1.29 is 9.84 Å². The second-order valence-corrected chi connectivity index (χ2v) is 5.52. The summed E-state index contributed by atoms with van der Waals surface area (Å²) in [5, 5.41) is 12.3. The van der Waals surface area contributed by atoms with Crippen molar-refractivity contribution in [3.05, 3.63) is 32.2 Å². The van der Waals surface area contributed by atoms with Crippen LogP contribution in [-0.4, -0.2) is 31.9 Å². The minimum atomic E-state index is 0.0195. The number of ether oxygens (including phenoxy) is 1. The third kappa shape index (κ3) is 4.34. The fraction of sp³-hybridized carbons (Fsp3) is 0.500. The topological polar surface area (TPSA) is 41.5 Å². The summed E-state index contributed by atoms with van der Waals surface area (Å²) in [6.45, 7) is 0.832. The number of hydrogen-bond acceptors (Lipinski definition) is 3. The number of halogens is 2. The van der Waals surface area contributed by atoms with E-state index in [-0.39, 0.29) is 12.7 Å². The van der Waals surface area contributed by atoms with E-state index in [9.17, 15) is 5.11 Å². The molecule has 2 N–H and O–H groups in total. The third-order valence-corrected chi connectivity index (χ3v) is 4.00. The van der Waals surface area contributed by atoms with Crippen LogP contribution >= 0.6 is 31.9 Å². The SMILES string of the molecule is CNCC(Cc1cc(Br)c(CO)c(Br)c1)OC. The van der Waals surface area contributed by atoms with Crippen LogP contribution in [0.1, 0.15) is 11.1 Å². The Labute approximate surface area is 119 Å². The molecule has 0 spiro atoms. The van der Waals surface area contributed by atoms with E-state index in [1.54, 1.807) is 7.11 Å². The average molecular weight is 367 g/mol. The molecule has 0 saturated heterocycles. The summed E-state index contributed by atoms with van der Waals surface area (Å²) in [5.41, 5.74) is 2.04. The van der Waals surface area contributed by atoms with Gasteiger partial charge in [0.1, 0.15) is 0 Å². The molecule has 1 atom stereocenters. The highest BCUT2D eigenvalue weighted by Gasteiger charge is 2.11. The van der Waals surface area contributed by atoms with Crippen LogP contribution in [0, 0.1) is 0 Å². The second kappa shape index (κ2) is 7.48. The van der Waals surface area contributed by atoms with Gasteiger partial charge in [0, 0.05) is 28.2 Å². The summed E-state index contributed by atoms with van der Waals surface area (Å²) < 4.78 is 7.23. The lowest BCUT2D eigenvalue weighted by molar-refractivity contribution is 0.104. The lowest BCUT2D eigenvalue weighted by atomic mass is 10.1. The Morgan fingerprint density at radius 3 is 2.35 bits per heavy atom. The maximum atomic E-state index is 9.21. The number of rotatable bonds is 6. The molecule has 96 valence electrons. The Balaban J connectivity index is 2.85. The third-order valence-electron chi connectivity index (χ3n) is 2.59. The van der Waals surface area contributed by atoms with Crippen LogP contribution in [-0.2, 0) is 17.8 Å². The molecule has 0 fully saturated rings. The number of aliphatic hydroxyl groups excluding tert-OH is 1. The number of nitrogens with one attached hydrogen (secondary N) is 1. The van der Waals surface area contributed by atoms with Gasteiger partial charge in [0.25, 0.3) is 0 Å². The molecule has 1 aromatic carbocycles. The quantitative estimate of drug-likeness (QED) is 0.812. The van der Waals surface area contributed by atoms with Gasteiger partial charge in [-0.25, -0.2) is 0 Å². The van der Waals surface area contributed by atoms with Gasteiger partial charge >= 0.3 is 0 Å². The standard InChI is InChI=1S/C12H17Br2NO2/c1-15-6-9(17-2)3-8-4-11(13)10(7-16)12(14)5-8/h4-5,9,15-16H,3,6-7H2,1-2H3. The van der Waals surface area contributed by atoms with E-state index in [2.05, 4.69) is 37.2 Å². The van der Waals surface area contributed by atoms with Crippen molar-refractivity contribution in [3.8, 4) is 0 Å².